The van der Waals surface area contributed by atoms with E-state index in [2.05, 4.69) is 24.0 Å². The third-order valence-corrected chi connectivity index (χ3v) is 4.74. The van der Waals surface area contributed by atoms with E-state index < -0.39 is 0 Å². The van der Waals surface area contributed by atoms with Crippen molar-refractivity contribution in [1.82, 2.24) is 5.32 Å². The first-order chi connectivity index (χ1) is 5.37. The lowest BCUT2D eigenvalue weighted by molar-refractivity contribution is 0.373. The highest BCUT2D eigenvalue weighted by Gasteiger charge is 2.44. The smallest absolute Gasteiger partial charge is 0.0674 e. The van der Waals surface area contributed by atoms with E-state index in [9.17, 15) is 0 Å². The molecule has 0 aromatic heterocycles. The van der Waals surface area contributed by atoms with Crippen LogP contribution in [0.25, 0.3) is 0 Å². The van der Waals surface area contributed by atoms with Crippen LogP contribution in [0.4, 0.5) is 0 Å². The summed E-state index contributed by atoms with van der Waals surface area (Å²) in [5.74, 6) is 2.28. The zero-order chi connectivity index (χ0) is 7.73. The van der Waals surface area contributed by atoms with Gasteiger partial charge in [0.1, 0.15) is 0 Å². The van der Waals surface area contributed by atoms with Crippen molar-refractivity contribution in [3.05, 3.63) is 0 Å². The number of nitrogens with one attached hydrogen (secondary N) is 1. The maximum Gasteiger partial charge on any atom is 0.0674 e. The molecule has 1 heterocycles. The molecule has 0 bridgehead atoms. The third-order valence-electron chi connectivity index (χ3n) is 3.14. The second kappa shape index (κ2) is 2.98. The largest absolute Gasteiger partial charge is 0.302 e. The first-order valence-corrected chi connectivity index (χ1v) is 5.75. The molecule has 0 aromatic carbocycles. The van der Waals surface area contributed by atoms with Gasteiger partial charge in [0.2, 0.25) is 0 Å². The highest BCUT2D eigenvalue weighted by molar-refractivity contribution is 8.00. The van der Waals surface area contributed by atoms with Gasteiger partial charge >= 0.3 is 0 Å². The van der Waals surface area contributed by atoms with Crippen molar-refractivity contribution in [3.63, 3.8) is 0 Å². The summed E-state index contributed by atoms with van der Waals surface area (Å²) in [5.41, 5.74) is 0. The Morgan fingerprint density at radius 2 is 2.55 bits per heavy atom. The average Bonchev–Trinajstić information content (AvgIpc) is 2.62. The van der Waals surface area contributed by atoms with E-state index in [1.165, 1.54) is 38.0 Å². The summed E-state index contributed by atoms with van der Waals surface area (Å²) in [7, 11) is 0. The van der Waals surface area contributed by atoms with Gasteiger partial charge in [-0.3, -0.25) is 0 Å². The van der Waals surface area contributed by atoms with Crippen molar-refractivity contribution in [1.29, 1.82) is 0 Å². The molecule has 11 heavy (non-hydrogen) atoms. The quantitative estimate of drug-likeness (QED) is 0.649. The van der Waals surface area contributed by atoms with Crippen LogP contribution in [0.1, 0.15) is 32.6 Å². The Morgan fingerprint density at radius 1 is 1.64 bits per heavy atom. The number of hydrogen-bond acceptors (Lipinski definition) is 2. The summed E-state index contributed by atoms with van der Waals surface area (Å²) in [4.78, 5) is 0.523. The van der Waals surface area contributed by atoms with Gasteiger partial charge < -0.3 is 5.32 Å². The van der Waals surface area contributed by atoms with Crippen LogP contribution in [0.3, 0.4) is 0 Å². The second-order valence-corrected chi connectivity index (χ2v) is 5.09. The molecule has 1 spiro atoms. The SMILES string of the molecule is CCC1CCCC12NCCS2. The fourth-order valence-electron chi connectivity index (χ4n) is 2.55. The Labute approximate surface area is 73.3 Å². The summed E-state index contributed by atoms with van der Waals surface area (Å²) >= 11 is 2.17. The number of thioether (sulfide) groups is 1. The highest BCUT2D eigenvalue weighted by Crippen LogP contribution is 2.47. The molecular weight excluding hydrogens is 154 g/mol. The standard InChI is InChI=1S/C9H17NS/c1-2-8-4-3-5-9(8)10-6-7-11-9/h8,10H,2-7H2,1H3. The van der Waals surface area contributed by atoms with E-state index in [0.29, 0.717) is 4.87 Å². The topological polar surface area (TPSA) is 12.0 Å². The lowest BCUT2D eigenvalue weighted by Crippen LogP contribution is -2.40. The molecule has 0 aromatic rings. The summed E-state index contributed by atoms with van der Waals surface area (Å²) in [5, 5.41) is 3.70. The van der Waals surface area contributed by atoms with Gasteiger partial charge in [0.25, 0.3) is 0 Å². The monoisotopic (exact) mass is 171 g/mol. The molecule has 0 radical (unpaired) electrons. The van der Waals surface area contributed by atoms with Crippen molar-refractivity contribution in [3.8, 4) is 0 Å². The molecule has 2 aliphatic rings. The van der Waals surface area contributed by atoms with E-state index in [1.807, 2.05) is 0 Å². The lowest BCUT2D eigenvalue weighted by atomic mass is 10.00. The molecule has 1 aliphatic carbocycles. The van der Waals surface area contributed by atoms with Crippen LogP contribution in [0.5, 0.6) is 0 Å². The van der Waals surface area contributed by atoms with Crippen molar-refractivity contribution < 1.29 is 0 Å². The van der Waals surface area contributed by atoms with Crippen LogP contribution in [0.2, 0.25) is 0 Å². The second-order valence-electron chi connectivity index (χ2n) is 3.66. The minimum atomic E-state index is 0.523. The summed E-state index contributed by atoms with van der Waals surface area (Å²) in [6.07, 6.45) is 5.67. The molecule has 64 valence electrons. The summed E-state index contributed by atoms with van der Waals surface area (Å²) < 4.78 is 0. The Morgan fingerprint density at radius 3 is 3.18 bits per heavy atom. The molecule has 1 N–H and O–H groups in total. The normalized spacial score (nSPS) is 43.9. The van der Waals surface area contributed by atoms with Crippen LogP contribution in [-0.2, 0) is 0 Å². The predicted molar refractivity (Wildman–Crippen MR) is 50.8 cm³/mol. The fourth-order valence-corrected chi connectivity index (χ4v) is 4.13. The first kappa shape index (κ1) is 7.93. The van der Waals surface area contributed by atoms with Gasteiger partial charge in [0.05, 0.1) is 4.87 Å². The van der Waals surface area contributed by atoms with Crippen molar-refractivity contribution in [2.75, 3.05) is 12.3 Å². The number of hydrogen-bond donors (Lipinski definition) is 1. The van der Waals surface area contributed by atoms with E-state index in [0.717, 1.165) is 5.92 Å². The van der Waals surface area contributed by atoms with Crippen molar-refractivity contribution >= 4 is 11.8 Å². The van der Waals surface area contributed by atoms with Gasteiger partial charge in [-0.2, -0.15) is 0 Å². The molecular formula is C9H17NS. The molecule has 1 saturated carbocycles. The van der Waals surface area contributed by atoms with Crippen LogP contribution in [0.15, 0.2) is 0 Å². The van der Waals surface area contributed by atoms with Gasteiger partial charge in [-0.25, -0.2) is 0 Å². The molecule has 2 fully saturated rings. The van der Waals surface area contributed by atoms with Crippen LogP contribution in [0, 0.1) is 5.92 Å². The van der Waals surface area contributed by atoms with Gasteiger partial charge in [0, 0.05) is 12.3 Å². The van der Waals surface area contributed by atoms with Crippen LogP contribution < -0.4 is 5.32 Å². The van der Waals surface area contributed by atoms with Gasteiger partial charge in [-0.15, -0.1) is 11.8 Å². The van der Waals surface area contributed by atoms with E-state index in [4.69, 9.17) is 0 Å². The molecule has 2 heteroatoms. The van der Waals surface area contributed by atoms with E-state index >= 15 is 0 Å². The molecule has 0 amide bonds. The van der Waals surface area contributed by atoms with Crippen molar-refractivity contribution in [2.45, 2.75) is 37.5 Å². The van der Waals surface area contributed by atoms with Crippen LogP contribution >= 0.6 is 11.8 Å². The molecule has 1 nitrogen and oxygen atoms in total. The van der Waals surface area contributed by atoms with Gasteiger partial charge in [-0.1, -0.05) is 19.8 Å². The Kier molecular flexibility index (Phi) is 2.15. The summed E-state index contributed by atoms with van der Waals surface area (Å²) in [6.45, 7) is 3.57. The number of rotatable bonds is 1. The first-order valence-electron chi connectivity index (χ1n) is 4.76. The van der Waals surface area contributed by atoms with Gasteiger partial charge in [-0.05, 0) is 18.8 Å². The van der Waals surface area contributed by atoms with E-state index in [-0.39, 0.29) is 0 Å². The van der Waals surface area contributed by atoms with Crippen LogP contribution in [-0.4, -0.2) is 17.2 Å². The average molecular weight is 171 g/mol. The maximum absolute atomic E-state index is 3.70. The Hall–Kier alpha value is 0.310. The third kappa shape index (κ3) is 1.20. The molecule has 2 atom stereocenters. The zero-order valence-electron chi connectivity index (χ0n) is 7.23. The Balaban J connectivity index is 2.09. The van der Waals surface area contributed by atoms with E-state index in [1.54, 1.807) is 0 Å². The maximum atomic E-state index is 3.70. The van der Waals surface area contributed by atoms with Gasteiger partial charge in [0.15, 0.2) is 0 Å². The molecule has 2 unspecified atom stereocenters. The lowest BCUT2D eigenvalue weighted by Gasteiger charge is -2.29. The van der Waals surface area contributed by atoms with Crippen molar-refractivity contribution in [2.24, 2.45) is 5.92 Å². The minimum absolute atomic E-state index is 0.523. The minimum Gasteiger partial charge on any atom is -0.302 e. The summed E-state index contributed by atoms with van der Waals surface area (Å²) in [6, 6.07) is 0. The highest BCUT2D eigenvalue weighted by atomic mass is 32.2. The predicted octanol–water partition coefficient (Wildman–Crippen LogP) is 2.23. The molecule has 1 saturated heterocycles. The molecule has 2 rings (SSSR count). The fraction of sp³-hybridized carbons (Fsp3) is 1.00. The Bertz CT molecular complexity index is 135. The zero-order valence-corrected chi connectivity index (χ0v) is 8.04. The molecule has 1 aliphatic heterocycles.